The molecule has 1 N–H and O–H groups in total. The fraction of sp³-hybridized carbons (Fsp3) is 0.625. The summed E-state index contributed by atoms with van der Waals surface area (Å²) in [5, 5.41) is 0. The largest absolute Gasteiger partial charge is 0.494 e. The van der Waals surface area contributed by atoms with E-state index in [4.69, 9.17) is 9.47 Å². The van der Waals surface area contributed by atoms with Gasteiger partial charge in [0.15, 0.2) is 0 Å². The number of benzene rings is 1. The van der Waals surface area contributed by atoms with Crippen molar-refractivity contribution in [3.8, 4) is 5.75 Å². The van der Waals surface area contributed by atoms with E-state index in [1.165, 1.54) is 0 Å². The lowest BCUT2D eigenvalue weighted by Crippen LogP contribution is -2.38. The molecule has 0 spiro atoms. The molecule has 6 nitrogen and oxygen atoms in total. The number of sulfonamides is 1. The molecule has 130 valence electrons. The van der Waals surface area contributed by atoms with Crippen LogP contribution in [-0.4, -0.2) is 59.3 Å². The topological polar surface area (TPSA) is 67.9 Å². The summed E-state index contributed by atoms with van der Waals surface area (Å²) in [4.78, 5) is 2.57. The quantitative estimate of drug-likeness (QED) is 0.723. The van der Waals surface area contributed by atoms with Crippen molar-refractivity contribution in [1.82, 2.24) is 9.62 Å². The fourth-order valence-corrected chi connectivity index (χ4v) is 3.68. The molecule has 1 aromatic rings. The predicted molar refractivity (Wildman–Crippen MR) is 89.4 cm³/mol. The fourth-order valence-electron chi connectivity index (χ4n) is 2.52. The first-order valence-corrected chi connectivity index (χ1v) is 9.54. The molecule has 1 aromatic carbocycles. The standard InChI is InChI=1S/C16H26N2O4S/c1-3-22-16-6-5-15(13-14(16)2)23(19,20)17-7-4-8-18-9-11-21-12-10-18/h5-6,13,17H,3-4,7-12H2,1-2H3. The van der Waals surface area contributed by atoms with E-state index in [2.05, 4.69) is 9.62 Å². The number of rotatable bonds is 8. The molecule has 0 atom stereocenters. The van der Waals surface area contributed by atoms with E-state index in [0.717, 1.165) is 50.6 Å². The van der Waals surface area contributed by atoms with Crippen molar-refractivity contribution in [2.24, 2.45) is 0 Å². The Kier molecular flexibility index (Phi) is 6.83. The Bertz CT molecular complexity index is 598. The normalized spacial score (nSPS) is 16.4. The molecule has 0 unspecified atom stereocenters. The van der Waals surface area contributed by atoms with Gasteiger partial charge in [-0.2, -0.15) is 0 Å². The lowest BCUT2D eigenvalue weighted by molar-refractivity contribution is 0.0376. The average Bonchev–Trinajstić information content (AvgIpc) is 2.54. The smallest absolute Gasteiger partial charge is 0.240 e. The van der Waals surface area contributed by atoms with E-state index in [9.17, 15) is 8.42 Å². The number of aryl methyl sites for hydroxylation is 1. The number of nitrogens with one attached hydrogen (secondary N) is 1. The van der Waals surface area contributed by atoms with Gasteiger partial charge >= 0.3 is 0 Å². The molecule has 0 saturated carbocycles. The number of nitrogens with zero attached hydrogens (tertiary/aromatic N) is 1. The minimum Gasteiger partial charge on any atom is -0.494 e. The van der Waals surface area contributed by atoms with Gasteiger partial charge in [0.05, 0.1) is 24.7 Å². The summed E-state index contributed by atoms with van der Waals surface area (Å²) in [6, 6.07) is 4.94. The van der Waals surface area contributed by atoms with Crippen molar-refractivity contribution in [2.75, 3.05) is 46.0 Å². The van der Waals surface area contributed by atoms with Crippen LogP contribution >= 0.6 is 0 Å². The third kappa shape index (κ3) is 5.46. The van der Waals surface area contributed by atoms with E-state index in [1.54, 1.807) is 18.2 Å². The van der Waals surface area contributed by atoms with Gasteiger partial charge in [-0.25, -0.2) is 13.1 Å². The summed E-state index contributed by atoms with van der Waals surface area (Å²) in [5.74, 6) is 0.721. The first kappa shape index (κ1) is 18.2. The molecular weight excluding hydrogens is 316 g/mol. The molecule has 1 aliphatic rings. The molecular formula is C16H26N2O4S. The van der Waals surface area contributed by atoms with Crippen LogP contribution in [0.15, 0.2) is 23.1 Å². The van der Waals surface area contributed by atoms with Gasteiger partial charge in [0, 0.05) is 19.6 Å². The summed E-state index contributed by atoms with van der Waals surface area (Å²) >= 11 is 0. The van der Waals surface area contributed by atoms with Gasteiger partial charge in [-0.05, 0) is 50.6 Å². The minimum atomic E-state index is -3.47. The van der Waals surface area contributed by atoms with Crippen LogP contribution in [0.5, 0.6) is 5.75 Å². The second kappa shape index (κ2) is 8.63. The summed E-state index contributed by atoms with van der Waals surface area (Å²) in [7, 11) is -3.47. The van der Waals surface area contributed by atoms with Gasteiger partial charge in [-0.15, -0.1) is 0 Å². The molecule has 2 rings (SSSR count). The highest BCUT2D eigenvalue weighted by Crippen LogP contribution is 2.21. The van der Waals surface area contributed by atoms with Gasteiger partial charge < -0.3 is 9.47 Å². The number of ether oxygens (including phenoxy) is 2. The van der Waals surface area contributed by atoms with Crippen LogP contribution in [0.1, 0.15) is 18.9 Å². The summed E-state index contributed by atoms with van der Waals surface area (Å²) < 4.78 is 38.0. The summed E-state index contributed by atoms with van der Waals surface area (Å²) in [6.07, 6.45) is 0.787. The maximum absolute atomic E-state index is 12.3. The van der Waals surface area contributed by atoms with Crippen LogP contribution in [0.2, 0.25) is 0 Å². The zero-order valence-corrected chi connectivity index (χ0v) is 14.7. The maximum Gasteiger partial charge on any atom is 0.240 e. The lowest BCUT2D eigenvalue weighted by atomic mass is 10.2. The SMILES string of the molecule is CCOc1ccc(S(=O)(=O)NCCCN2CCOCC2)cc1C. The van der Waals surface area contributed by atoms with Crippen LogP contribution in [0.4, 0.5) is 0 Å². The number of hydrogen-bond acceptors (Lipinski definition) is 5. The minimum absolute atomic E-state index is 0.282. The highest BCUT2D eigenvalue weighted by molar-refractivity contribution is 7.89. The number of hydrogen-bond donors (Lipinski definition) is 1. The second-order valence-electron chi connectivity index (χ2n) is 5.57. The molecule has 0 aromatic heterocycles. The Labute approximate surface area is 138 Å². The molecule has 0 amide bonds. The third-order valence-electron chi connectivity index (χ3n) is 3.80. The van der Waals surface area contributed by atoms with Gasteiger partial charge in [-0.1, -0.05) is 0 Å². The van der Waals surface area contributed by atoms with Gasteiger partial charge in [0.2, 0.25) is 10.0 Å². The second-order valence-corrected chi connectivity index (χ2v) is 7.33. The lowest BCUT2D eigenvalue weighted by Gasteiger charge is -2.26. The third-order valence-corrected chi connectivity index (χ3v) is 5.26. The van der Waals surface area contributed by atoms with E-state index in [-0.39, 0.29) is 4.90 Å². The Hall–Kier alpha value is -1.15. The van der Waals surface area contributed by atoms with E-state index in [0.29, 0.717) is 13.2 Å². The van der Waals surface area contributed by atoms with E-state index in [1.807, 2.05) is 13.8 Å². The van der Waals surface area contributed by atoms with Crippen LogP contribution in [0.25, 0.3) is 0 Å². The van der Waals surface area contributed by atoms with Crippen molar-refractivity contribution < 1.29 is 17.9 Å². The molecule has 1 saturated heterocycles. The molecule has 1 fully saturated rings. The van der Waals surface area contributed by atoms with Crippen molar-refractivity contribution in [1.29, 1.82) is 0 Å². The molecule has 23 heavy (non-hydrogen) atoms. The molecule has 1 aliphatic heterocycles. The van der Waals surface area contributed by atoms with Crippen LogP contribution in [-0.2, 0) is 14.8 Å². The van der Waals surface area contributed by atoms with Crippen LogP contribution in [0, 0.1) is 6.92 Å². The maximum atomic E-state index is 12.3. The van der Waals surface area contributed by atoms with E-state index >= 15 is 0 Å². The number of morpholine rings is 1. The molecule has 1 heterocycles. The Morgan fingerprint density at radius 2 is 2.04 bits per heavy atom. The summed E-state index contributed by atoms with van der Waals surface area (Å²) in [6.45, 7) is 9.00. The molecule has 7 heteroatoms. The van der Waals surface area contributed by atoms with Crippen LogP contribution in [0.3, 0.4) is 0 Å². The van der Waals surface area contributed by atoms with Crippen molar-refractivity contribution in [2.45, 2.75) is 25.2 Å². The van der Waals surface area contributed by atoms with Crippen molar-refractivity contribution in [3.05, 3.63) is 23.8 Å². The Morgan fingerprint density at radius 1 is 1.30 bits per heavy atom. The van der Waals surface area contributed by atoms with Crippen molar-refractivity contribution in [3.63, 3.8) is 0 Å². The van der Waals surface area contributed by atoms with E-state index < -0.39 is 10.0 Å². The zero-order valence-electron chi connectivity index (χ0n) is 13.9. The molecule has 0 radical (unpaired) electrons. The monoisotopic (exact) mass is 342 g/mol. The van der Waals surface area contributed by atoms with Crippen molar-refractivity contribution >= 4 is 10.0 Å². The van der Waals surface area contributed by atoms with Crippen LogP contribution < -0.4 is 9.46 Å². The Morgan fingerprint density at radius 3 is 2.70 bits per heavy atom. The first-order valence-electron chi connectivity index (χ1n) is 8.06. The molecule has 0 aliphatic carbocycles. The highest BCUT2D eigenvalue weighted by atomic mass is 32.2. The zero-order chi connectivity index (χ0) is 16.7. The predicted octanol–water partition coefficient (Wildman–Crippen LogP) is 1.39. The Balaban J connectivity index is 1.84. The van der Waals surface area contributed by atoms with Gasteiger partial charge in [-0.3, -0.25) is 4.90 Å². The first-order chi connectivity index (χ1) is 11.0. The van der Waals surface area contributed by atoms with Gasteiger partial charge in [0.25, 0.3) is 0 Å². The summed E-state index contributed by atoms with van der Waals surface area (Å²) in [5.41, 5.74) is 0.822. The average molecular weight is 342 g/mol. The molecule has 0 bridgehead atoms. The van der Waals surface area contributed by atoms with Gasteiger partial charge in [0.1, 0.15) is 5.75 Å². The highest BCUT2D eigenvalue weighted by Gasteiger charge is 2.15.